The van der Waals surface area contributed by atoms with Gasteiger partial charge in [-0.25, -0.2) is 4.98 Å². The van der Waals surface area contributed by atoms with Crippen LogP contribution in [0, 0.1) is 10.1 Å². The number of fused-ring (bicyclic) bond motifs is 1. The van der Waals surface area contributed by atoms with Crippen molar-refractivity contribution < 1.29 is 4.92 Å². The Morgan fingerprint density at radius 3 is 3.16 bits per heavy atom. The largest absolute Gasteiger partial charge is 0.344 e. The van der Waals surface area contributed by atoms with Gasteiger partial charge in [0.05, 0.1) is 15.1 Å². The van der Waals surface area contributed by atoms with Crippen LogP contribution >= 0.6 is 11.3 Å². The molecule has 1 aromatic carbocycles. The highest BCUT2D eigenvalue weighted by Gasteiger charge is 2.26. The SMILES string of the molecule is NCC1CCCN1c1nc2cc([N+](=O)[O-])ccc2s1. The molecule has 0 bridgehead atoms. The summed E-state index contributed by atoms with van der Waals surface area (Å²) in [5.41, 5.74) is 6.54. The molecule has 2 heterocycles. The Morgan fingerprint density at radius 1 is 1.58 bits per heavy atom. The van der Waals surface area contributed by atoms with E-state index in [9.17, 15) is 10.1 Å². The maximum absolute atomic E-state index is 10.8. The minimum Gasteiger partial charge on any atom is -0.344 e. The fourth-order valence-electron chi connectivity index (χ4n) is 2.47. The molecule has 2 N–H and O–H groups in total. The Morgan fingerprint density at radius 2 is 2.42 bits per heavy atom. The molecule has 0 aliphatic carbocycles. The monoisotopic (exact) mass is 278 g/mol. The van der Waals surface area contributed by atoms with Crippen LogP contribution in [-0.4, -0.2) is 29.0 Å². The van der Waals surface area contributed by atoms with Crippen LogP contribution in [0.15, 0.2) is 18.2 Å². The number of non-ortho nitro benzene ring substituents is 1. The summed E-state index contributed by atoms with van der Waals surface area (Å²) in [4.78, 5) is 17.1. The second-order valence-electron chi connectivity index (χ2n) is 4.63. The lowest BCUT2D eigenvalue weighted by atomic mass is 10.2. The summed E-state index contributed by atoms with van der Waals surface area (Å²) >= 11 is 1.57. The molecule has 1 saturated heterocycles. The number of hydrogen-bond donors (Lipinski definition) is 1. The molecule has 1 aliphatic heterocycles. The number of nitrogens with zero attached hydrogens (tertiary/aromatic N) is 3. The second-order valence-corrected chi connectivity index (χ2v) is 5.64. The van der Waals surface area contributed by atoms with Gasteiger partial charge in [-0.3, -0.25) is 10.1 Å². The van der Waals surface area contributed by atoms with Crippen molar-refractivity contribution >= 4 is 32.4 Å². The predicted molar refractivity (Wildman–Crippen MR) is 75.7 cm³/mol. The molecule has 0 radical (unpaired) electrons. The standard InChI is InChI=1S/C12H14N4O2S/c13-7-9-2-1-5-15(9)12-14-10-6-8(16(17)18)3-4-11(10)19-12/h3-4,6,9H,1-2,5,7,13H2. The van der Waals surface area contributed by atoms with Crippen molar-refractivity contribution in [2.24, 2.45) is 5.73 Å². The summed E-state index contributed by atoms with van der Waals surface area (Å²) in [6.07, 6.45) is 2.21. The smallest absolute Gasteiger partial charge is 0.271 e. The third-order valence-electron chi connectivity index (χ3n) is 3.47. The van der Waals surface area contributed by atoms with E-state index >= 15 is 0 Å². The van der Waals surface area contributed by atoms with E-state index in [1.807, 2.05) is 0 Å². The van der Waals surface area contributed by atoms with E-state index in [1.54, 1.807) is 17.4 Å². The number of nitro benzene ring substituents is 1. The fourth-order valence-corrected chi connectivity index (χ4v) is 3.52. The third kappa shape index (κ3) is 2.15. The topological polar surface area (TPSA) is 85.3 Å². The van der Waals surface area contributed by atoms with Crippen LogP contribution in [0.1, 0.15) is 12.8 Å². The summed E-state index contributed by atoms with van der Waals surface area (Å²) in [5.74, 6) is 0. The molecule has 1 aromatic heterocycles. The van der Waals surface area contributed by atoms with Gasteiger partial charge in [0.2, 0.25) is 0 Å². The van der Waals surface area contributed by atoms with Crippen LogP contribution in [0.5, 0.6) is 0 Å². The summed E-state index contributed by atoms with van der Waals surface area (Å²) in [6.45, 7) is 1.58. The van der Waals surface area contributed by atoms with Crippen LogP contribution in [0.2, 0.25) is 0 Å². The van der Waals surface area contributed by atoms with Gasteiger partial charge in [-0.1, -0.05) is 11.3 Å². The van der Waals surface area contributed by atoms with Gasteiger partial charge in [-0.15, -0.1) is 0 Å². The molecule has 6 nitrogen and oxygen atoms in total. The van der Waals surface area contributed by atoms with E-state index < -0.39 is 4.92 Å². The van der Waals surface area contributed by atoms with Crippen molar-refractivity contribution in [3.8, 4) is 0 Å². The number of thiazole rings is 1. The highest BCUT2D eigenvalue weighted by molar-refractivity contribution is 7.22. The predicted octanol–water partition coefficient (Wildman–Crippen LogP) is 2.13. The minimum atomic E-state index is -0.392. The van der Waals surface area contributed by atoms with Crippen LogP contribution in [0.4, 0.5) is 10.8 Å². The van der Waals surface area contributed by atoms with E-state index in [2.05, 4.69) is 9.88 Å². The van der Waals surface area contributed by atoms with Crippen molar-refractivity contribution in [3.05, 3.63) is 28.3 Å². The molecule has 0 saturated carbocycles. The number of hydrogen-bond acceptors (Lipinski definition) is 6. The van der Waals surface area contributed by atoms with Crippen molar-refractivity contribution in [2.75, 3.05) is 18.0 Å². The van der Waals surface area contributed by atoms with Gasteiger partial charge >= 0.3 is 0 Å². The lowest BCUT2D eigenvalue weighted by Crippen LogP contribution is -2.35. The van der Waals surface area contributed by atoms with Gasteiger partial charge in [0.25, 0.3) is 5.69 Å². The first kappa shape index (κ1) is 12.3. The van der Waals surface area contributed by atoms with E-state index in [1.165, 1.54) is 12.1 Å². The molecule has 100 valence electrons. The van der Waals surface area contributed by atoms with Crippen LogP contribution < -0.4 is 10.6 Å². The van der Waals surface area contributed by atoms with Crippen LogP contribution in [0.3, 0.4) is 0 Å². The van der Waals surface area contributed by atoms with Gasteiger partial charge in [-0.05, 0) is 18.9 Å². The Balaban J connectivity index is 1.99. The highest BCUT2D eigenvalue weighted by Crippen LogP contribution is 2.34. The van der Waals surface area contributed by atoms with Crippen LogP contribution in [-0.2, 0) is 0 Å². The highest BCUT2D eigenvalue weighted by atomic mass is 32.1. The first-order valence-electron chi connectivity index (χ1n) is 6.21. The Bertz CT molecular complexity index is 627. The Kier molecular flexibility index (Phi) is 3.08. The molecular weight excluding hydrogens is 264 g/mol. The molecule has 19 heavy (non-hydrogen) atoms. The number of nitro groups is 1. The van der Waals surface area contributed by atoms with E-state index in [-0.39, 0.29) is 5.69 Å². The van der Waals surface area contributed by atoms with Crippen molar-refractivity contribution in [1.82, 2.24) is 4.98 Å². The van der Waals surface area contributed by atoms with Gasteiger partial charge in [0, 0.05) is 31.3 Å². The van der Waals surface area contributed by atoms with E-state index in [0.717, 1.165) is 29.2 Å². The molecule has 1 fully saturated rings. The van der Waals surface area contributed by atoms with Gasteiger partial charge in [0.15, 0.2) is 5.13 Å². The fraction of sp³-hybridized carbons (Fsp3) is 0.417. The number of aromatic nitrogens is 1. The van der Waals surface area contributed by atoms with Crippen molar-refractivity contribution in [1.29, 1.82) is 0 Å². The first-order chi connectivity index (χ1) is 9.19. The van der Waals surface area contributed by atoms with Crippen LogP contribution in [0.25, 0.3) is 10.2 Å². The van der Waals surface area contributed by atoms with Crippen molar-refractivity contribution in [2.45, 2.75) is 18.9 Å². The first-order valence-corrected chi connectivity index (χ1v) is 7.02. The normalized spacial score (nSPS) is 19.2. The van der Waals surface area contributed by atoms with E-state index in [4.69, 9.17) is 5.73 Å². The maximum Gasteiger partial charge on any atom is 0.271 e. The quantitative estimate of drug-likeness (QED) is 0.686. The van der Waals surface area contributed by atoms with E-state index in [0.29, 0.717) is 18.1 Å². The molecule has 3 rings (SSSR count). The summed E-state index contributed by atoms with van der Waals surface area (Å²) in [6, 6.07) is 5.16. The molecule has 7 heteroatoms. The van der Waals surface area contributed by atoms with Gasteiger partial charge in [-0.2, -0.15) is 0 Å². The minimum absolute atomic E-state index is 0.0844. The molecule has 1 aliphatic rings. The average Bonchev–Trinajstić information content (AvgIpc) is 3.03. The summed E-state index contributed by atoms with van der Waals surface area (Å²) < 4.78 is 0.975. The summed E-state index contributed by atoms with van der Waals surface area (Å²) in [7, 11) is 0. The summed E-state index contributed by atoms with van der Waals surface area (Å²) in [5, 5.41) is 11.7. The molecule has 1 unspecified atom stereocenters. The number of benzene rings is 1. The zero-order valence-corrected chi connectivity index (χ0v) is 11.1. The lowest BCUT2D eigenvalue weighted by Gasteiger charge is -2.22. The average molecular weight is 278 g/mol. The Labute approximate surface area is 114 Å². The van der Waals surface area contributed by atoms with Gasteiger partial charge in [0.1, 0.15) is 0 Å². The molecular formula is C12H14N4O2S. The van der Waals surface area contributed by atoms with Crippen molar-refractivity contribution in [3.63, 3.8) is 0 Å². The number of rotatable bonds is 3. The zero-order chi connectivity index (χ0) is 13.4. The Hall–Kier alpha value is -1.73. The van der Waals surface area contributed by atoms with Gasteiger partial charge < -0.3 is 10.6 Å². The lowest BCUT2D eigenvalue weighted by molar-refractivity contribution is -0.384. The molecule has 0 spiro atoms. The number of anilines is 1. The second kappa shape index (κ2) is 4.75. The number of nitrogens with two attached hydrogens (primary N) is 1. The third-order valence-corrected chi connectivity index (χ3v) is 4.54. The zero-order valence-electron chi connectivity index (χ0n) is 10.3. The molecule has 0 amide bonds. The maximum atomic E-state index is 10.8. The molecule has 1 atom stereocenters. The molecule has 2 aromatic rings.